The number of carbonyl (C=O) groups excluding carboxylic acids is 2. The van der Waals surface area contributed by atoms with Gasteiger partial charge in [0.1, 0.15) is 5.75 Å². The Labute approximate surface area is 164 Å². The Morgan fingerprint density at radius 3 is 2.39 bits per heavy atom. The van der Waals surface area contributed by atoms with Crippen molar-refractivity contribution in [3.63, 3.8) is 0 Å². The molecule has 2 amide bonds. The molecule has 0 radical (unpaired) electrons. The summed E-state index contributed by atoms with van der Waals surface area (Å²) in [6.45, 7) is 5.36. The predicted molar refractivity (Wildman–Crippen MR) is 108 cm³/mol. The molecule has 0 aliphatic carbocycles. The van der Waals surface area contributed by atoms with E-state index in [1.54, 1.807) is 29.2 Å². The van der Waals surface area contributed by atoms with E-state index in [-0.39, 0.29) is 6.03 Å². The lowest BCUT2D eigenvalue weighted by Gasteiger charge is -2.36. The maximum atomic E-state index is 12.5. The number of nitrogens with one attached hydrogen (secondary N) is 1. The van der Waals surface area contributed by atoms with Gasteiger partial charge in [-0.25, -0.2) is 9.59 Å². The van der Waals surface area contributed by atoms with Gasteiger partial charge in [-0.05, 0) is 49.4 Å². The highest BCUT2D eigenvalue weighted by molar-refractivity contribution is 5.94. The average molecular weight is 383 g/mol. The maximum Gasteiger partial charge on any atom is 0.337 e. The molecule has 1 saturated heterocycles. The second-order valence-corrected chi connectivity index (χ2v) is 6.40. The monoisotopic (exact) mass is 383 g/mol. The minimum Gasteiger partial charge on any atom is -0.494 e. The molecule has 2 aromatic rings. The van der Waals surface area contributed by atoms with Crippen LogP contribution in [0.25, 0.3) is 0 Å². The number of ether oxygens (including phenoxy) is 2. The Kier molecular flexibility index (Phi) is 6.37. The van der Waals surface area contributed by atoms with Crippen LogP contribution in [-0.4, -0.2) is 56.8 Å². The van der Waals surface area contributed by atoms with Crippen LogP contribution < -0.4 is 15.0 Å². The van der Waals surface area contributed by atoms with Gasteiger partial charge in [0.15, 0.2) is 0 Å². The highest BCUT2D eigenvalue weighted by Gasteiger charge is 2.21. The molecule has 0 spiro atoms. The van der Waals surface area contributed by atoms with Crippen molar-refractivity contribution in [2.75, 3.05) is 50.1 Å². The number of anilines is 2. The molecule has 0 atom stereocenters. The van der Waals surface area contributed by atoms with E-state index in [0.717, 1.165) is 24.5 Å². The van der Waals surface area contributed by atoms with Gasteiger partial charge < -0.3 is 24.6 Å². The van der Waals surface area contributed by atoms with Gasteiger partial charge in [-0.3, -0.25) is 0 Å². The molecule has 0 saturated carbocycles. The number of methoxy groups -OCH3 is 1. The van der Waals surface area contributed by atoms with Gasteiger partial charge in [-0.2, -0.15) is 0 Å². The molecule has 1 N–H and O–H groups in total. The lowest BCUT2D eigenvalue weighted by Crippen LogP contribution is -2.50. The van der Waals surface area contributed by atoms with Gasteiger partial charge in [0.25, 0.3) is 0 Å². The fourth-order valence-corrected chi connectivity index (χ4v) is 3.13. The van der Waals surface area contributed by atoms with Crippen LogP contribution in [0.2, 0.25) is 0 Å². The first-order valence-corrected chi connectivity index (χ1v) is 9.33. The molecule has 0 aromatic heterocycles. The van der Waals surface area contributed by atoms with Gasteiger partial charge in [0.2, 0.25) is 0 Å². The van der Waals surface area contributed by atoms with Gasteiger partial charge >= 0.3 is 12.0 Å². The smallest absolute Gasteiger partial charge is 0.337 e. The number of benzene rings is 2. The molecule has 148 valence electrons. The van der Waals surface area contributed by atoms with Crippen molar-refractivity contribution in [2.24, 2.45) is 0 Å². The zero-order valence-corrected chi connectivity index (χ0v) is 16.2. The number of hydrogen-bond donors (Lipinski definition) is 1. The maximum absolute atomic E-state index is 12.5. The summed E-state index contributed by atoms with van der Waals surface area (Å²) < 4.78 is 10.2. The van der Waals surface area contributed by atoms with E-state index >= 15 is 0 Å². The Balaban J connectivity index is 1.54. The summed E-state index contributed by atoms with van der Waals surface area (Å²) in [6, 6.07) is 14.6. The number of amides is 2. The molecule has 2 aromatic carbocycles. The molecule has 28 heavy (non-hydrogen) atoms. The zero-order valence-electron chi connectivity index (χ0n) is 16.2. The van der Waals surface area contributed by atoms with Gasteiger partial charge in [-0.1, -0.05) is 6.07 Å². The number of esters is 1. The van der Waals surface area contributed by atoms with Crippen LogP contribution in [0.15, 0.2) is 48.5 Å². The van der Waals surface area contributed by atoms with Crippen molar-refractivity contribution in [1.82, 2.24) is 4.90 Å². The number of piperazine rings is 1. The highest BCUT2D eigenvalue weighted by Crippen LogP contribution is 2.21. The van der Waals surface area contributed by atoms with E-state index < -0.39 is 5.97 Å². The summed E-state index contributed by atoms with van der Waals surface area (Å²) in [5.41, 5.74) is 2.09. The summed E-state index contributed by atoms with van der Waals surface area (Å²) >= 11 is 0. The van der Waals surface area contributed by atoms with Crippen molar-refractivity contribution < 1.29 is 19.1 Å². The molecule has 1 aliphatic rings. The number of nitrogens with zero attached hydrogens (tertiary/aromatic N) is 2. The number of carbonyl (C=O) groups is 2. The molecule has 0 bridgehead atoms. The van der Waals surface area contributed by atoms with Gasteiger partial charge in [-0.15, -0.1) is 0 Å². The quantitative estimate of drug-likeness (QED) is 0.803. The first kappa shape index (κ1) is 19.5. The molecule has 0 unspecified atom stereocenters. The van der Waals surface area contributed by atoms with E-state index in [9.17, 15) is 9.59 Å². The van der Waals surface area contributed by atoms with Crippen molar-refractivity contribution in [1.29, 1.82) is 0 Å². The van der Waals surface area contributed by atoms with Crippen LogP contribution in [-0.2, 0) is 4.74 Å². The lowest BCUT2D eigenvalue weighted by atomic mass is 10.2. The summed E-state index contributed by atoms with van der Waals surface area (Å²) in [6.07, 6.45) is 0. The topological polar surface area (TPSA) is 71.1 Å². The predicted octanol–water partition coefficient (Wildman–Crippen LogP) is 3.23. The molecule has 1 aliphatic heterocycles. The first-order chi connectivity index (χ1) is 13.6. The van der Waals surface area contributed by atoms with Crippen LogP contribution in [0, 0.1) is 0 Å². The Morgan fingerprint density at radius 2 is 1.75 bits per heavy atom. The second kappa shape index (κ2) is 9.12. The minimum atomic E-state index is -0.430. The van der Waals surface area contributed by atoms with Crippen molar-refractivity contribution >= 4 is 23.4 Å². The summed E-state index contributed by atoms with van der Waals surface area (Å²) in [7, 11) is 1.33. The van der Waals surface area contributed by atoms with E-state index in [0.29, 0.717) is 30.9 Å². The molecule has 7 nitrogen and oxygen atoms in total. The average Bonchev–Trinajstić information content (AvgIpc) is 2.74. The Hall–Kier alpha value is -3.22. The van der Waals surface area contributed by atoms with E-state index in [4.69, 9.17) is 9.47 Å². The van der Waals surface area contributed by atoms with Crippen LogP contribution in [0.3, 0.4) is 0 Å². The standard InChI is InChI=1S/C21H25N3O4/c1-3-28-19-9-7-18(8-10-19)23-11-13-24(14-12-23)21(26)22-17-6-4-5-16(15-17)20(25)27-2/h4-10,15H,3,11-14H2,1-2H3,(H,22,26). The molecular formula is C21H25N3O4. The van der Waals surface area contributed by atoms with Gasteiger partial charge in [0.05, 0.1) is 19.3 Å². The fraction of sp³-hybridized carbons (Fsp3) is 0.333. The largest absolute Gasteiger partial charge is 0.494 e. The summed E-state index contributed by atoms with van der Waals surface area (Å²) in [5.74, 6) is 0.429. The minimum absolute atomic E-state index is 0.173. The zero-order chi connectivity index (χ0) is 19.9. The number of urea groups is 1. The highest BCUT2D eigenvalue weighted by atomic mass is 16.5. The van der Waals surface area contributed by atoms with Crippen molar-refractivity contribution in [3.05, 3.63) is 54.1 Å². The van der Waals surface area contributed by atoms with E-state index in [2.05, 4.69) is 10.2 Å². The van der Waals surface area contributed by atoms with E-state index in [1.807, 2.05) is 31.2 Å². The third-order valence-corrected chi connectivity index (χ3v) is 4.61. The number of rotatable bonds is 5. The van der Waals surface area contributed by atoms with E-state index in [1.165, 1.54) is 7.11 Å². The van der Waals surface area contributed by atoms with Crippen LogP contribution in [0.1, 0.15) is 17.3 Å². The molecular weight excluding hydrogens is 358 g/mol. The Morgan fingerprint density at radius 1 is 1.04 bits per heavy atom. The SMILES string of the molecule is CCOc1ccc(N2CCN(C(=O)Nc3cccc(C(=O)OC)c3)CC2)cc1. The number of hydrogen-bond acceptors (Lipinski definition) is 5. The summed E-state index contributed by atoms with van der Waals surface area (Å²) in [5, 5.41) is 2.85. The van der Waals surface area contributed by atoms with Crippen LogP contribution >= 0.6 is 0 Å². The molecule has 1 fully saturated rings. The third-order valence-electron chi connectivity index (χ3n) is 4.61. The molecule has 1 heterocycles. The normalized spacial score (nSPS) is 13.8. The molecule has 7 heteroatoms. The fourth-order valence-electron chi connectivity index (χ4n) is 3.13. The molecule has 3 rings (SSSR count). The second-order valence-electron chi connectivity index (χ2n) is 6.40. The first-order valence-electron chi connectivity index (χ1n) is 9.33. The lowest BCUT2D eigenvalue weighted by molar-refractivity contribution is 0.0600. The van der Waals surface area contributed by atoms with Crippen LogP contribution in [0.5, 0.6) is 5.75 Å². The third kappa shape index (κ3) is 4.73. The van der Waals surface area contributed by atoms with Crippen LogP contribution in [0.4, 0.5) is 16.2 Å². The van der Waals surface area contributed by atoms with Gasteiger partial charge in [0, 0.05) is 37.6 Å². The Bertz CT molecular complexity index is 815. The van der Waals surface area contributed by atoms with Crippen molar-refractivity contribution in [3.8, 4) is 5.75 Å². The summed E-state index contributed by atoms with van der Waals surface area (Å²) in [4.78, 5) is 28.2. The van der Waals surface area contributed by atoms with Crippen molar-refractivity contribution in [2.45, 2.75) is 6.92 Å².